The summed E-state index contributed by atoms with van der Waals surface area (Å²) in [7, 11) is 0. The number of esters is 1. The van der Waals surface area contributed by atoms with Crippen molar-refractivity contribution >= 4 is 24.5 Å². The van der Waals surface area contributed by atoms with Crippen molar-refractivity contribution in [2.75, 3.05) is 25.4 Å². The molecule has 1 fully saturated rings. The number of likely N-dealkylation sites (tertiary alicyclic amines) is 1. The van der Waals surface area contributed by atoms with E-state index in [1.165, 1.54) is 12.8 Å². The third-order valence-electron chi connectivity index (χ3n) is 3.52. The van der Waals surface area contributed by atoms with Crippen molar-refractivity contribution in [1.82, 2.24) is 10.2 Å². The fraction of sp³-hybridized carbons (Fsp3) is 0.600. The highest BCUT2D eigenvalue weighted by Gasteiger charge is 2.23. The highest BCUT2D eigenvalue weighted by atomic mass is 32.1. The number of hydrogen-bond acceptors (Lipinski definition) is 6. The molecular formula is C15H22N2O4S. The number of rotatable bonds is 7. The first kappa shape index (κ1) is 16.9. The monoisotopic (exact) mass is 326 g/mol. The number of ether oxygens (including phenoxy) is 1. The lowest BCUT2D eigenvalue weighted by Gasteiger charge is -2.14. The molecule has 1 atom stereocenters. The van der Waals surface area contributed by atoms with Gasteiger partial charge in [-0.2, -0.15) is 12.6 Å². The van der Waals surface area contributed by atoms with Gasteiger partial charge in [0.05, 0.1) is 13.2 Å². The van der Waals surface area contributed by atoms with Gasteiger partial charge in [-0.1, -0.05) is 0 Å². The molecule has 0 saturated carbocycles. The van der Waals surface area contributed by atoms with Crippen LogP contribution in [-0.4, -0.2) is 48.3 Å². The second kappa shape index (κ2) is 8.24. The predicted molar refractivity (Wildman–Crippen MR) is 85.0 cm³/mol. The van der Waals surface area contributed by atoms with Crippen molar-refractivity contribution in [3.8, 4) is 0 Å². The van der Waals surface area contributed by atoms with Gasteiger partial charge in [0.1, 0.15) is 11.8 Å². The Labute approximate surface area is 135 Å². The number of hydrogen-bond donors (Lipinski definition) is 2. The molecule has 1 aromatic heterocycles. The zero-order valence-electron chi connectivity index (χ0n) is 12.7. The van der Waals surface area contributed by atoms with Crippen LogP contribution in [0, 0.1) is 0 Å². The Kier molecular flexibility index (Phi) is 6.33. The van der Waals surface area contributed by atoms with Gasteiger partial charge in [-0.15, -0.1) is 0 Å². The van der Waals surface area contributed by atoms with E-state index in [0.29, 0.717) is 6.54 Å². The molecule has 0 aliphatic carbocycles. The molecule has 1 saturated heterocycles. The first-order valence-electron chi connectivity index (χ1n) is 7.53. The fourth-order valence-corrected chi connectivity index (χ4v) is 2.64. The van der Waals surface area contributed by atoms with E-state index in [9.17, 15) is 9.59 Å². The first-order chi connectivity index (χ1) is 10.6. The maximum absolute atomic E-state index is 12.1. The van der Waals surface area contributed by atoms with Crippen LogP contribution in [0.15, 0.2) is 16.5 Å². The van der Waals surface area contributed by atoms with Crippen molar-refractivity contribution in [2.24, 2.45) is 0 Å². The van der Waals surface area contributed by atoms with Gasteiger partial charge in [0.15, 0.2) is 5.76 Å². The van der Waals surface area contributed by atoms with E-state index in [4.69, 9.17) is 9.15 Å². The molecule has 0 radical (unpaired) electrons. The summed E-state index contributed by atoms with van der Waals surface area (Å²) in [5, 5.41) is 2.58. The Hall–Kier alpha value is -1.47. The van der Waals surface area contributed by atoms with Crippen LogP contribution < -0.4 is 5.32 Å². The molecule has 1 aliphatic rings. The summed E-state index contributed by atoms with van der Waals surface area (Å²) >= 11 is 4.06. The van der Waals surface area contributed by atoms with Gasteiger partial charge in [-0.05, 0) is 45.0 Å². The molecule has 0 aromatic carbocycles. The van der Waals surface area contributed by atoms with E-state index in [0.717, 1.165) is 18.8 Å². The van der Waals surface area contributed by atoms with Gasteiger partial charge in [0.25, 0.3) is 5.91 Å². The number of furan rings is 1. The van der Waals surface area contributed by atoms with E-state index in [1.54, 1.807) is 19.1 Å². The van der Waals surface area contributed by atoms with E-state index in [1.807, 2.05) is 0 Å². The van der Waals surface area contributed by atoms with Gasteiger partial charge in [-0.25, -0.2) is 4.79 Å². The molecule has 7 heteroatoms. The van der Waals surface area contributed by atoms with Gasteiger partial charge in [0, 0.05) is 5.75 Å². The molecule has 1 amide bonds. The second-order valence-electron chi connectivity index (χ2n) is 5.21. The number of nitrogens with one attached hydrogen (secondary N) is 1. The Morgan fingerprint density at radius 1 is 1.41 bits per heavy atom. The topological polar surface area (TPSA) is 71.8 Å². The van der Waals surface area contributed by atoms with Crippen molar-refractivity contribution < 1.29 is 18.7 Å². The third kappa shape index (κ3) is 4.51. The van der Waals surface area contributed by atoms with Crippen molar-refractivity contribution in [3.05, 3.63) is 23.7 Å². The zero-order chi connectivity index (χ0) is 15.9. The quantitative estimate of drug-likeness (QED) is 0.586. The van der Waals surface area contributed by atoms with Crippen LogP contribution in [0.25, 0.3) is 0 Å². The Morgan fingerprint density at radius 2 is 2.14 bits per heavy atom. The number of thiol groups is 1. The van der Waals surface area contributed by atoms with Crippen LogP contribution in [0.4, 0.5) is 0 Å². The molecule has 2 heterocycles. The van der Waals surface area contributed by atoms with Crippen molar-refractivity contribution in [1.29, 1.82) is 0 Å². The summed E-state index contributed by atoms with van der Waals surface area (Å²) in [6, 6.07) is 2.65. The van der Waals surface area contributed by atoms with Gasteiger partial charge >= 0.3 is 5.97 Å². The lowest BCUT2D eigenvalue weighted by molar-refractivity contribution is -0.144. The summed E-state index contributed by atoms with van der Waals surface area (Å²) in [6.07, 6.45) is 2.41. The van der Waals surface area contributed by atoms with Gasteiger partial charge in [-0.3, -0.25) is 9.69 Å². The average molecular weight is 326 g/mol. The van der Waals surface area contributed by atoms with Crippen molar-refractivity contribution in [3.63, 3.8) is 0 Å². The number of carbonyl (C=O) groups is 2. The molecule has 22 heavy (non-hydrogen) atoms. The molecule has 122 valence electrons. The number of amides is 1. The Balaban J connectivity index is 1.91. The zero-order valence-corrected chi connectivity index (χ0v) is 13.6. The summed E-state index contributed by atoms with van der Waals surface area (Å²) < 4.78 is 10.4. The fourth-order valence-electron chi connectivity index (χ4n) is 2.40. The van der Waals surface area contributed by atoms with Crippen molar-refractivity contribution in [2.45, 2.75) is 32.4 Å². The maximum atomic E-state index is 12.1. The summed E-state index contributed by atoms with van der Waals surface area (Å²) in [6.45, 7) is 4.81. The number of carbonyl (C=O) groups excluding carboxylic acids is 2. The predicted octanol–water partition coefficient (Wildman–Crippen LogP) is 1.47. The highest BCUT2D eigenvalue weighted by Crippen LogP contribution is 2.15. The van der Waals surface area contributed by atoms with E-state index in [-0.39, 0.29) is 18.1 Å². The standard InChI is InChI=1S/C15H22N2O4S/c1-2-20-15(19)12(10-22)16-14(18)13-6-5-11(21-13)9-17-7-3-4-8-17/h5-6,12,22H,2-4,7-10H2,1H3,(H,16,18)/t12-/m0/s1. The first-order valence-corrected chi connectivity index (χ1v) is 8.16. The van der Waals surface area contributed by atoms with E-state index < -0.39 is 17.9 Å². The van der Waals surface area contributed by atoms with Crippen LogP contribution in [0.3, 0.4) is 0 Å². The molecule has 0 bridgehead atoms. The largest absolute Gasteiger partial charge is 0.464 e. The minimum atomic E-state index is -0.775. The van der Waals surface area contributed by atoms with E-state index in [2.05, 4.69) is 22.8 Å². The van der Waals surface area contributed by atoms with Crippen LogP contribution in [0.5, 0.6) is 0 Å². The highest BCUT2D eigenvalue weighted by molar-refractivity contribution is 7.80. The number of nitrogens with zero attached hydrogens (tertiary/aromatic N) is 1. The molecule has 6 nitrogen and oxygen atoms in total. The van der Waals surface area contributed by atoms with Gasteiger partial charge in [0.2, 0.25) is 0 Å². The molecule has 1 aromatic rings. The summed E-state index contributed by atoms with van der Waals surface area (Å²) in [5.74, 6) is 0.205. The smallest absolute Gasteiger partial charge is 0.329 e. The normalized spacial score (nSPS) is 16.5. The summed E-state index contributed by atoms with van der Waals surface area (Å²) in [5.41, 5.74) is 0. The van der Waals surface area contributed by atoms with Crippen LogP contribution >= 0.6 is 12.6 Å². The Bertz CT molecular complexity index is 511. The molecule has 0 unspecified atom stereocenters. The lowest BCUT2D eigenvalue weighted by Crippen LogP contribution is -2.43. The van der Waals surface area contributed by atoms with Crippen LogP contribution in [-0.2, 0) is 16.1 Å². The maximum Gasteiger partial charge on any atom is 0.329 e. The molecule has 0 spiro atoms. The minimum absolute atomic E-state index is 0.173. The second-order valence-corrected chi connectivity index (χ2v) is 5.58. The summed E-state index contributed by atoms with van der Waals surface area (Å²) in [4.78, 5) is 26.1. The van der Waals surface area contributed by atoms with E-state index >= 15 is 0 Å². The minimum Gasteiger partial charge on any atom is -0.464 e. The average Bonchev–Trinajstić information content (AvgIpc) is 3.17. The van der Waals surface area contributed by atoms with Crippen LogP contribution in [0.2, 0.25) is 0 Å². The lowest BCUT2D eigenvalue weighted by atomic mass is 10.3. The van der Waals surface area contributed by atoms with Crippen LogP contribution in [0.1, 0.15) is 36.1 Å². The molecule has 1 N–H and O–H groups in total. The van der Waals surface area contributed by atoms with Gasteiger partial charge < -0.3 is 14.5 Å². The molecule has 1 aliphatic heterocycles. The molecular weight excluding hydrogens is 304 g/mol. The third-order valence-corrected chi connectivity index (χ3v) is 3.89. The SMILES string of the molecule is CCOC(=O)[C@H](CS)NC(=O)c1ccc(CN2CCCC2)o1. The molecule has 2 rings (SSSR count). The Morgan fingerprint density at radius 3 is 2.77 bits per heavy atom.